The summed E-state index contributed by atoms with van der Waals surface area (Å²) in [6.07, 6.45) is 2.24. The maximum Gasteiger partial charge on any atom is 0.266 e. The van der Waals surface area contributed by atoms with Crippen LogP contribution in [0, 0.1) is 5.92 Å². The van der Waals surface area contributed by atoms with Crippen molar-refractivity contribution in [2.24, 2.45) is 5.92 Å². The van der Waals surface area contributed by atoms with E-state index >= 15 is 0 Å². The first-order valence-corrected chi connectivity index (χ1v) is 22.8. The molecule has 0 bridgehead atoms. The summed E-state index contributed by atoms with van der Waals surface area (Å²) in [5, 5.41) is 11.7. The predicted octanol–water partition coefficient (Wildman–Crippen LogP) is 8.44. The molecule has 0 aliphatic carbocycles. The van der Waals surface area contributed by atoms with Gasteiger partial charge < -0.3 is 24.2 Å². The van der Waals surface area contributed by atoms with Crippen molar-refractivity contribution < 1.29 is 28.9 Å². The number of benzene rings is 5. The standard InChI is InChI=1S/C47H50N2O6Si/c1-31-41(26-19-32-17-20-35(21-18-32)49-40-14-8-10-16-43(40)55-42-15-9-7-13-39(42)47(49)52)54-44(46(31)56(3,4)38-24-22-37(53-2)23-25-38)28-45(51)48-29-34-12-6-5-11-33(34)27-36(48)30-50/h5-18,20-25,31,36,41,44,46,50H,19,26-30H2,1-4H3/t31-,36-,41+,44-,46+/m0/s1. The number of para-hydroxylation sites is 3. The van der Waals surface area contributed by atoms with Crippen molar-refractivity contribution in [3.05, 3.63) is 144 Å². The van der Waals surface area contributed by atoms with Crippen LogP contribution in [0.25, 0.3) is 0 Å². The van der Waals surface area contributed by atoms with Gasteiger partial charge in [-0.15, -0.1) is 0 Å². The summed E-state index contributed by atoms with van der Waals surface area (Å²) in [6.45, 7) is 7.53. The molecule has 2 amide bonds. The van der Waals surface area contributed by atoms with E-state index in [9.17, 15) is 14.7 Å². The van der Waals surface area contributed by atoms with E-state index in [1.54, 1.807) is 18.1 Å². The minimum absolute atomic E-state index is 0.0362. The number of aryl methyl sites for hydroxylation is 1. The number of aliphatic hydroxyl groups excluding tert-OH is 1. The number of rotatable bonds is 10. The zero-order valence-electron chi connectivity index (χ0n) is 32.6. The van der Waals surface area contributed by atoms with Gasteiger partial charge in [-0.05, 0) is 95.9 Å². The van der Waals surface area contributed by atoms with Gasteiger partial charge in [0.05, 0.1) is 57.7 Å². The van der Waals surface area contributed by atoms with E-state index in [0.717, 1.165) is 35.4 Å². The minimum atomic E-state index is -2.20. The molecule has 1 fully saturated rings. The molecule has 1 saturated heterocycles. The lowest BCUT2D eigenvalue weighted by Gasteiger charge is -2.39. The molecule has 3 aliphatic rings. The highest BCUT2D eigenvalue weighted by molar-refractivity contribution is 6.91. The van der Waals surface area contributed by atoms with Gasteiger partial charge in [0.2, 0.25) is 5.91 Å². The molecular weight excluding hydrogens is 717 g/mol. The van der Waals surface area contributed by atoms with Gasteiger partial charge in [-0.2, -0.15) is 0 Å². The Morgan fingerprint density at radius 3 is 2.25 bits per heavy atom. The minimum Gasteiger partial charge on any atom is -0.497 e. The van der Waals surface area contributed by atoms with E-state index in [4.69, 9.17) is 14.2 Å². The molecule has 3 heterocycles. The van der Waals surface area contributed by atoms with Gasteiger partial charge in [0.15, 0.2) is 5.75 Å². The third-order valence-electron chi connectivity index (χ3n) is 12.4. The van der Waals surface area contributed by atoms with Crippen LogP contribution in [-0.2, 0) is 28.9 Å². The topological polar surface area (TPSA) is 88.5 Å². The predicted molar refractivity (Wildman–Crippen MR) is 222 cm³/mol. The largest absolute Gasteiger partial charge is 0.497 e. The first-order chi connectivity index (χ1) is 27.2. The second-order valence-electron chi connectivity index (χ2n) is 16.0. The van der Waals surface area contributed by atoms with E-state index in [2.05, 4.69) is 56.4 Å². The Hall–Kier alpha value is -5.22. The second-order valence-corrected chi connectivity index (χ2v) is 20.7. The van der Waals surface area contributed by atoms with Crippen LogP contribution in [0.5, 0.6) is 17.2 Å². The summed E-state index contributed by atoms with van der Waals surface area (Å²) in [4.78, 5) is 31.8. The van der Waals surface area contributed by atoms with Crippen molar-refractivity contribution in [1.82, 2.24) is 4.90 Å². The molecule has 5 aromatic rings. The fourth-order valence-electron chi connectivity index (χ4n) is 9.36. The molecule has 9 heteroatoms. The lowest BCUT2D eigenvalue weighted by Crippen LogP contribution is -2.52. The molecule has 0 aromatic heterocycles. The normalized spacial score (nSPS) is 21.7. The number of anilines is 2. The third-order valence-corrected chi connectivity index (χ3v) is 16.8. The second kappa shape index (κ2) is 15.7. The third kappa shape index (κ3) is 7.15. The Balaban J connectivity index is 1.02. The lowest BCUT2D eigenvalue weighted by molar-refractivity contribution is -0.138. The van der Waals surface area contributed by atoms with Crippen molar-refractivity contribution >= 4 is 36.4 Å². The molecule has 0 unspecified atom stereocenters. The smallest absolute Gasteiger partial charge is 0.266 e. The summed E-state index contributed by atoms with van der Waals surface area (Å²) in [5.41, 5.74) is 5.66. The molecule has 8 nitrogen and oxygen atoms in total. The number of methoxy groups -OCH3 is 1. The van der Waals surface area contributed by atoms with Crippen LogP contribution in [0.15, 0.2) is 121 Å². The van der Waals surface area contributed by atoms with Gasteiger partial charge in [-0.3, -0.25) is 14.5 Å². The molecular formula is C47H50N2O6Si. The van der Waals surface area contributed by atoms with Crippen LogP contribution in [0.4, 0.5) is 11.4 Å². The summed E-state index contributed by atoms with van der Waals surface area (Å²) in [7, 11) is -0.513. The van der Waals surface area contributed by atoms with Gasteiger partial charge in [0.1, 0.15) is 11.5 Å². The summed E-state index contributed by atoms with van der Waals surface area (Å²) < 4.78 is 18.7. The molecule has 5 aromatic carbocycles. The molecule has 288 valence electrons. The molecule has 5 atom stereocenters. The van der Waals surface area contributed by atoms with Crippen molar-refractivity contribution in [2.75, 3.05) is 18.6 Å². The highest BCUT2D eigenvalue weighted by Crippen LogP contribution is 2.47. The monoisotopic (exact) mass is 766 g/mol. The Kier molecular flexibility index (Phi) is 10.6. The molecule has 56 heavy (non-hydrogen) atoms. The van der Waals surface area contributed by atoms with E-state index in [-0.39, 0.29) is 54.6 Å². The fourth-order valence-corrected chi connectivity index (χ4v) is 13.4. The number of amides is 2. The number of carbonyl (C=O) groups is 2. The first-order valence-electron chi connectivity index (χ1n) is 19.7. The first kappa shape index (κ1) is 37.7. The summed E-state index contributed by atoms with van der Waals surface area (Å²) in [5.74, 6) is 2.12. The van der Waals surface area contributed by atoms with Gasteiger partial charge in [0.25, 0.3) is 5.91 Å². The highest BCUT2D eigenvalue weighted by Gasteiger charge is 2.51. The molecule has 0 saturated carbocycles. The Labute approximate surface area is 330 Å². The van der Waals surface area contributed by atoms with Crippen LogP contribution in [0.1, 0.15) is 46.8 Å². The summed E-state index contributed by atoms with van der Waals surface area (Å²) in [6, 6.07) is 39.6. The number of ether oxygens (including phenoxy) is 3. The van der Waals surface area contributed by atoms with Gasteiger partial charge >= 0.3 is 0 Å². The van der Waals surface area contributed by atoms with Crippen LogP contribution in [-0.4, -0.2) is 61.9 Å². The lowest BCUT2D eigenvalue weighted by atomic mass is 9.93. The van der Waals surface area contributed by atoms with E-state index in [0.29, 0.717) is 35.7 Å². The molecule has 0 radical (unpaired) electrons. The quantitative estimate of drug-likeness (QED) is 0.144. The van der Waals surface area contributed by atoms with E-state index in [1.165, 1.54) is 10.8 Å². The van der Waals surface area contributed by atoms with Crippen LogP contribution >= 0.6 is 0 Å². The average Bonchev–Trinajstić information content (AvgIpc) is 3.48. The molecule has 3 aliphatic heterocycles. The highest BCUT2D eigenvalue weighted by atomic mass is 28.3. The zero-order chi connectivity index (χ0) is 39.0. The van der Waals surface area contributed by atoms with Gasteiger partial charge in [-0.25, -0.2) is 0 Å². The van der Waals surface area contributed by atoms with E-state index in [1.807, 2.05) is 83.8 Å². The molecule has 0 spiro atoms. The number of hydrogen-bond donors (Lipinski definition) is 1. The number of carbonyl (C=O) groups excluding carboxylic acids is 2. The maximum atomic E-state index is 14.3. The molecule has 1 N–H and O–H groups in total. The maximum absolute atomic E-state index is 14.3. The zero-order valence-corrected chi connectivity index (χ0v) is 33.6. The number of aliphatic hydroxyl groups is 1. The van der Waals surface area contributed by atoms with Crippen molar-refractivity contribution in [1.29, 1.82) is 0 Å². The van der Waals surface area contributed by atoms with Crippen LogP contribution < -0.4 is 19.6 Å². The molecule has 8 rings (SSSR count). The van der Waals surface area contributed by atoms with Crippen LogP contribution in [0.3, 0.4) is 0 Å². The van der Waals surface area contributed by atoms with E-state index < -0.39 is 8.07 Å². The Bertz CT molecular complexity index is 2210. The summed E-state index contributed by atoms with van der Waals surface area (Å²) >= 11 is 0. The van der Waals surface area contributed by atoms with Crippen molar-refractivity contribution in [3.63, 3.8) is 0 Å². The Morgan fingerprint density at radius 2 is 1.52 bits per heavy atom. The number of nitrogens with zero attached hydrogens (tertiary/aromatic N) is 2. The fraction of sp³-hybridized carbons (Fsp3) is 0.319. The van der Waals surface area contributed by atoms with Gasteiger partial charge in [-0.1, -0.05) is 98.0 Å². The van der Waals surface area contributed by atoms with Gasteiger partial charge in [0, 0.05) is 12.2 Å². The number of hydrogen-bond acceptors (Lipinski definition) is 6. The number of fused-ring (bicyclic) bond motifs is 3. The van der Waals surface area contributed by atoms with Crippen molar-refractivity contribution in [2.45, 2.75) is 76.0 Å². The SMILES string of the molecule is COc1ccc([Si](C)(C)[C@@H]2[C@@H](C)[C@@H](CCc3ccc(N4C(=O)c5ccccc5Oc5ccccc54)cc3)O[C@H]2CC(=O)N2Cc3ccccc3C[C@H]2CO)cc1. The van der Waals surface area contributed by atoms with Crippen molar-refractivity contribution in [3.8, 4) is 17.2 Å². The average molecular weight is 767 g/mol. The Morgan fingerprint density at radius 1 is 0.839 bits per heavy atom. The van der Waals surface area contributed by atoms with Crippen LogP contribution in [0.2, 0.25) is 18.6 Å².